The molecule has 17 heavy (non-hydrogen) atoms. The molecule has 0 aliphatic heterocycles. The maximum absolute atomic E-state index is 12.9. The van der Waals surface area contributed by atoms with E-state index in [1.54, 1.807) is 6.07 Å². The second-order valence-electron chi connectivity index (χ2n) is 4.72. The number of halogens is 1. The van der Waals surface area contributed by atoms with Gasteiger partial charge in [0.25, 0.3) is 0 Å². The third kappa shape index (κ3) is 2.29. The van der Waals surface area contributed by atoms with Gasteiger partial charge in [0.1, 0.15) is 5.82 Å². The molecule has 1 amide bonds. The third-order valence-electron chi connectivity index (χ3n) is 3.51. The van der Waals surface area contributed by atoms with Gasteiger partial charge in [-0.1, -0.05) is 12.5 Å². The zero-order valence-electron chi connectivity index (χ0n) is 9.74. The highest BCUT2D eigenvalue weighted by molar-refractivity contribution is 5.95. The van der Waals surface area contributed by atoms with Crippen molar-refractivity contribution in [2.75, 3.05) is 5.32 Å². The Morgan fingerprint density at radius 2 is 2.41 bits per heavy atom. The van der Waals surface area contributed by atoms with E-state index in [2.05, 4.69) is 10.3 Å². The minimum atomic E-state index is -0.608. The molecule has 92 valence electrons. The van der Waals surface area contributed by atoms with Crippen LogP contribution >= 0.6 is 0 Å². The first-order chi connectivity index (χ1) is 8.02. The summed E-state index contributed by atoms with van der Waals surface area (Å²) in [5.41, 5.74) is 5.37. The Morgan fingerprint density at radius 3 is 3.00 bits per heavy atom. The van der Waals surface area contributed by atoms with E-state index in [9.17, 15) is 9.18 Å². The fourth-order valence-corrected chi connectivity index (χ4v) is 2.21. The molecule has 5 heteroatoms. The number of nitrogens with one attached hydrogen (secondary N) is 1. The van der Waals surface area contributed by atoms with E-state index in [4.69, 9.17) is 5.73 Å². The van der Waals surface area contributed by atoms with Gasteiger partial charge in [-0.15, -0.1) is 0 Å². The van der Waals surface area contributed by atoms with Crippen LogP contribution in [0.1, 0.15) is 26.2 Å². The van der Waals surface area contributed by atoms with Gasteiger partial charge in [0.05, 0.1) is 5.41 Å². The van der Waals surface area contributed by atoms with Crippen molar-refractivity contribution in [1.82, 2.24) is 4.98 Å². The molecule has 2 rings (SSSR count). The van der Waals surface area contributed by atoms with Crippen LogP contribution in [0.15, 0.2) is 18.2 Å². The van der Waals surface area contributed by atoms with E-state index in [0.717, 1.165) is 19.3 Å². The molecule has 1 heterocycles. The van der Waals surface area contributed by atoms with Crippen molar-refractivity contribution in [3.63, 3.8) is 0 Å². The molecule has 1 aliphatic carbocycles. The van der Waals surface area contributed by atoms with Gasteiger partial charge in [0.15, 0.2) is 0 Å². The number of aromatic nitrogens is 1. The first-order valence-electron chi connectivity index (χ1n) is 5.72. The summed E-state index contributed by atoms with van der Waals surface area (Å²) in [6, 6.07) is 4.16. The average Bonchev–Trinajstić information content (AvgIpc) is 2.60. The van der Waals surface area contributed by atoms with Crippen molar-refractivity contribution < 1.29 is 9.18 Å². The number of nitrogens with zero attached hydrogens (tertiary/aromatic N) is 1. The second-order valence-corrected chi connectivity index (χ2v) is 4.72. The lowest BCUT2D eigenvalue weighted by atomic mass is 9.84. The van der Waals surface area contributed by atoms with Crippen LogP contribution in [0.25, 0.3) is 0 Å². The molecule has 0 aromatic carbocycles. The summed E-state index contributed by atoms with van der Waals surface area (Å²) in [5, 5.41) is 2.63. The quantitative estimate of drug-likeness (QED) is 0.769. The van der Waals surface area contributed by atoms with Crippen molar-refractivity contribution in [3.05, 3.63) is 24.1 Å². The molecular formula is C12H16FN3O. The minimum Gasteiger partial charge on any atom is -0.327 e. The topological polar surface area (TPSA) is 68.0 Å². The molecule has 1 aromatic heterocycles. The molecule has 1 saturated carbocycles. The van der Waals surface area contributed by atoms with E-state index in [-0.39, 0.29) is 17.8 Å². The van der Waals surface area contributed by atoms with Crippen molar-refractivity contribution in [1.29, 1.82) is 0 Å². The maximum Gasteiger partial charge on any atom is 0.233 e. The van der Waals surface area contributed by atoms with Gasteiger partial charge < -0.3 is 11.1 Å². The Kier molecular flexibility index (Phi) is 3.11. The summed E-state index contributed by atoms with van der Waals surface area (Å²) < 4.78 is 12.9. The van der Waals surface area contributed by atoms with Crippen LogP contribution in [0.5, 0.6) is 0 Å². The fraction of sp³-hybridized carbons (Fsp3) is 0.500. The maximum atomic E-state index is 12.9. The highest BCUT2D eigenvalue weighted by Crippen LogP contribution is 2.37. The Hall–Kier alpha value is -1.49. The normalized spacial score (nSPS) is 28.1. The molecule has 0 saturated heterocycles. The largest absolute Gasteiger partial charge is 0.327 e. The number of carbonyl (C=O) groups is 1. The highest BCUT2D eigenvalue weighted by atomic mass is 19.1. The Morgan fingerprint density at radius 1 is 1.65 bits per heavy atom. The number of carbonyl (C=O) groups excluding carboxylic acids is 1. The van der Waals surface area contributed by atoms with Crippen LogP contribution in [0.4, 0.5) is 10.2 Å². The second kappa shape index (κ2) is 4.41. The van der Waals surface area contributed by atoms with Crippen LogP contribution in [-0.4, -0.2) is 16.9 Å². The van der Waals surface area contributed by atoms with E-state index < -0.39 is 11.4 Å². The van der Waals surface area contributed by atoms with E-state index in [1.165, 1.54) is 12.1 Å². The first kappa shape index (κ1) is 12.0. The lowest BCUT2D eigenvalue weighted by molar-refractivity contribution is -0.125. The smallest absolute Gasteiger partial charge is 0.233 e. The summed E-state index contributed by atoms with van der Waals surface area (Å²) in [7, 11) is 0. The zero-order chi connectivity index (χ0) is 12.5. The lowest BCUT2D eigenvalue weighted by Crippen LogP contribution is -2.44. The van der Waals surface area contributed by atoms with Crippen molar-refractivity contribution in [3.8, 4) is 0 Å². The number of amides is 1. The van der Waals surface area contributed by atoms with Crippen molar-refractivity contribution in [2.24, 2.45) is 11.1 Å². The molecule has 0 bridgehead atoms. The van der Waals surface area contributed by atoms with Crippen LogP contribution in [0.2, 0.25) is 0 Å². The molecule has 4 nitrogen and oxygen atoms in total. The molecule has 2 unspecified atom stereocenters. The van der Waals surface area contributed by atoms with Crippen molar-refractivity contribution >= 4 is 11.7 Å². The molecule has 1 aromatic rings. The van der Waals surface area contributed by atoms with Gasteiger partial charge in [-0.25, -0.2) is 4.98 Å². The molecule has 1 fully saturated rings. The van der Waals surface area contributed by atoms with Gasteiger partial charge in [-0.3, -0.25) is 4.79 Å². The van der Waals surface area contributed by atoms with Crippen LogP contribution in [0, 0.1) is 11.4 Å². The molecule has 2 atom stereocenters. The van der Waals surface area contributed by atoms with Crippen molar-refractivity contribution in [2.45, 2.75) is 32.2 Å². The van der Waals surface area contributed by atoms with E-state index in [0.29, 0.717) is 0 Å². The van der Waals surface area contributed by atoms with Gasteiger partial charge >= 0.3 is 0 Å². The van der Waals surface area contributed by atoms with Gasteiger partial charge in [0.2, 0.25) is 11.9 Å². The number of hydrogen-bond donors (Lipinski definition) is 2. The molecular weight excluding hydrogens is 221 g/mol. The summed E-state index contributed by atoms with van der Waals surface area (Å²) in [5.74, 6) is -0.556. The molecule has 0 radical (unpaired) electrons. The monoisotopic (exact) mass is 237 g/mol. The lowest BCUT2D eigenvalue weighted by Gasteiger charge is -2.27. The zero-order valence-corrected chi connectivity index (χ0v) is 9.74. The van der Waals surface area contributed by atoms with E-state index >= 15 is 0 Å². The first-order valence-corrected chi connectivity index (χ1v) is 5.72. The van der Waals surface area contributed by atoms with E-state index in [1.807, 2.05) is 6.92 Å². The standard InChI is InChI=1S/C12H16FN3O/c1-12(7-3-4-8(12)14)11(17)16-10-6-2-5-9(13)15-10/h2,5-6,8H,3-4,7,14H2,1H3,(H,15,16,17). The number of anilines is 1. The summed E-state index contributed by atoms with van der Waals surface area (Å²) >= 11 is 0. The number of pyridine rings is 1. The third-order valence-corrected chi connectivity index (χ3v) is 3.51. The SMILES string of the molecule is CC1(C(=O)Nc2cccc(F)n2)CCCC1N. The summed E-state index contributed by atoms with van der Waals surface area (Å²) in [4.78, 5) is 15.7. The Bertz CT molecular complexity index is 438. The number of hydrogen-bond acceptors (Lipinski definition) is 3. The minimum absolute atomic E-state index is 0.143. The molecule has 0 spiro atoms. The summed E-state index contributed by atoms with van der Waals surface area (Å²) in [6.07, 6.45) is 2.55. The van der Waals surface area contributed by atoms with Gasteiger partial charge in [-0.05, 0) is 31.9 Å². The van der Waals surface area contributed by atoms with Crippen LogP contribution in [-0.2, 0) is 4.79 Å². The van der Waals surface area contributed by atoms with Crippen LogP contribution < -0.4 is 11.1 Å². The van der Waals surface area contributed by atoms with Crippen LogP contribution in [0.3, 0.4) is 0 Å². The van der Waals surface area contributed by atoms with Gasteiger partial charge in [-0.2, -0.15) is 4.39 Å². The Balaban J connectivity index is 2.12. The fourth-order valence-electron chi connectivity index (χ4n) is 2.21. The molecule has 1 aliphatic rings. The highest BCUT2D eigenvalue weighted by Gasteiger charge is 2.43. The predicted molar refractivity (Wildman–Crippen MR) is 62.8 cm³/mol. The average molecular weight is 237 g/mol. The van der Waals surface area contributed by atoms with Gasteiger partial charge in [0, 0.05) is 6.04 Å². The number of rotatable bonds is 2. The predicted octanol–water partition coefficient (Wildman–Crippen LogP) is 1.68. The Labute approximate surface area is 99.4 Å². The summed E-state index contributed by atoms with van der Waals surface area (Å²) in [6.45, 7) is 1.85. The number of nitrogens with two attached hydrogens (primary N) is 1. The molecule has 3 N–H and O–H groups in total.